The van der Waals surface area contributed by atoms with Crippen LogP contribution in [0.3, 0.4) is 0 Å². The van der Waals surface area contributed by atoms with E-state index in [1.54, 1.807) is 7.11 Å². The number of amides is 1. The molecule has 2 N–H and O–H groups in total. The first-order chi connectivity index (χ1) is 13.5. The predicted octanol–water partition coefficient (Wildman–Crippen LogP) is 2.95. The lowest BCUT2D eigenvalue weighted by Gasteiger charge is -2.11. The van der Waals surface area contributed by atoms with Crippen LogP contribution in [0.1, 0.15) is 38.9 Å². The summed E-state index contributed by atoms with van der Waals surface area (Å²) in [5.41, 5.74) is 2.45. The van der Waals surface area contributed by atoms with Crippen molar-refractivity contribution in [2.75, 3.05) is 25.5 Å². The molecule has 0 saturated carbocycles. The van der Waals surface area contributed by atoms with Crippen LogP contribution in [0.5, 0.6) is 5.75 Å². The van der Waals surface area contributed by atoms with E-state index in [-0.39, 0.29) is 5.91 Å². The van der Waals surface area contributed by atoms with Gasteiger partial charge in [0.2, 0.25) is 11.6 Å². The number of fused-ring (bicyclic) bond motifs is 3. The molecule has 8 nitrogen and oxygen atoms in total. The zero-order valence-electron chi connectivity index (χ0n) is 17.0. The summed E-state index contributed by atoms with van der Waals surface area (Å²) >= 11 is 0. The molecule has 150 valence electrons. The number of nitrogens with one attached hydrogen (secondary N) is 2. The number of ether oxygens (including phenoxy) is 1. The fourth-order valence-corrected chi connectivity index (χ4v) is 3.03. The van der Waals surface area contributed by atoms with Crippen molar-refractivity contribution in [3.05, 3.63) is 24.0 Å². The summed E-state index contributed by atoms with van der Waals surface area (Å²) in [5.74, 6) is 2.82. The number of hydrogen-bond donors (Lipinski definition) is 2. The Balaban J connectivity index is 1.66. The molecule has 2 aromatic heterocycles. The summed E-state index contributed by atoms with van der Waals surface area (Å²) in [6.45, 7) is 7.53. The Morgan fingerprint density at radius 1 is 1.25 bits per heavy atom. The number of anilines is 1. The van der Waals surface area contributed by atoms with Crippen LogP contribution in [0, 0.1) is 12.8 Å². The molecule has 3 rings (SSSR count). The molecular formula is C20H28N6O2. The van der Waals surface area contributed by atoms with Crippen LogP contribution in [0.4, 0.5) is 5.82 Å². The van der Waals surface area contributed by atoms with Crippen LogP contribution in [0.15, 0.2) is 18.2 Å². The van der Waals surface area contributed by atoms with Crippen molar-refractivity contribution >= 4 is 28.4 Å². The average molecular weight is 384 g/mol. The molecule has 0 aliphatic carbocycles. The van der Waals surface area contributed by atoms with Crippen LogP contribution >= 0.6 is 0 Å². The average Bonchev–Trinajstić information content (AvgIpc) is 3.07. The van der Waals surface area contributed by atoms with E-state index >= 15 is 0 Å². The molecule has 0 atom stereocenters. The Bertz CT molecular complexity index is 966. The maximum Gasteiger partial charge on any atom is 0.220 e. The Kier molecular flexibility index (Phi) is 6.28. The zero-order chi connectivity index (χ0) is 20.1. The minimum atomic E-state index is 0.111. The number of nitrogens with zero attached hydrogens (tertiary/aromatic N) is 4. The molecule has 0 saturated heterocycles. The number of hydrogen-bond acceptors (Lipinski definition) is 6. The van der Waals surface area contributed by atoms with E-state index in [9.17, 15) is 4.79 Å². The molecule has 0 radical (unpaired) electrons. The SMILES string of the molecule is COc1ccc2c(c1)nc(NCCCCC(=O)NCC(C)C)c1nnc(C)n12. The second-order valence-electron chi connectivity index (χ2n) is 7.30. The number of methoxy groups -OCH3 is 1. The molecule has 1 aromatic carbocycles. The fourth-order valence-electron chi connectivity index (χ4n) is 3.03. The van der Waals surface area contributed by atoms with Crippen molar-refractivity contribution in [1.29, 1.82) is 0 Å². The summed E-state index contributed by atoms with van der Waals surface area (Å²) in [6.07, 6.45) is 2.22. The molecule has 8 heteroatoms. The third kappa shape index (κ3) is 4.49. The van der Waals surface area contributed by atoms with Crippen LogP contribution in [0.2, 0.25) is 0 Å². The van der Waals surface area contributed by atoms with E-state index in [0.29, 0.717) is 30.3 Å². The molecule has 0 aliphatic rings. The summed E-state index contributed by atoms with van der Waals surface area (Å²) in [7, 11) is 1.64. The Labute approximate surface area is 164 Å². The lowest BCUT2D eigenvalue weighted by atomic mass is 10.2. The molecule has 0 spiro atoms. The van der Waals surface area contributed by atoms with Gasteiger partial charge in [-0.25, -0.2) is 4.98 Å². The van der Waals surface area contributed by atoms with Gasteiger partial charge in [-0.05, 0) is 37.8 Å². The van der Waals surface area contributed by atoms with Gasteiger partial charge in [-0.1, -0.05) is 13.8 Å². The van der Waals surface area contributed by atoms with Crippen molar-refractivity contribution < 1.29 is 9.53 Å². The molecule has 3 aromatic rings. The highest BCUT2D eigenvalue weighted by molar-refractivity contribution is 5.84. The maximum atomic E-state index is 11.8. The van der Waals surface area contributed by atoms with Gasteiger partial charge in [0, 0.05) is 25.6 Å². The lowest BCUT2D eigenvalue weighted by molar-refractivity contribution is -0.121. The second-order valence-corrected chi connectivity index (χ2v) is 7.30. The second kappa shape index (κ2) is 8.86. The minimum Gasteiger partial charge on any atom is -0.497 e. The van der Waals surface area contributed by atoms with Crippen molar-refractivity contribution in [3.8, 4) is 5.75 Å². The topological polar surface area (TPSA) is 93.4 Å². The highest BCUT2D eigenvalue weighted by Crippen LogP contribution is 2.25. The van der Waals surface area contributed by atoms with Gasteiger partial charge < -0.3 is 15.4 Å². The van der Waals surface area contributed by atoms with Crippen molar-refractivity contribution in [1.82, 2.24) is 24.9 Å². The monoisotopic (exact) mass is 384 g/mol. The van der Waals surface area contributed by atoms with Gasteiger partial charge in [0.05, 0.1) is 18.1 Å². The summed E-state index contributed by atoms with van der Waals surface area (Å²) in [5, 5.41) is 14.8. The van der Waals surface area contributed by atoms with Crippen LogP contribution in [0.25, 0.3) is 16.7 Å². The van der Waals surface area contributed by atoms with E-state index in [1.165, 1.54) is 0 Å². The molecule has 0 bridgehead atoms. The van der Waals surface area contributed by atoms with E-state index < -0.39 is 0 Å². The highest BCUT2D eigenvalue weighted by Gasteiger charge is 2.13. The molecule has 0 fully saturated rings. The Morgan fingerprint density at radius 2 is 2.07 bits per heavy atom. The van der Waals surface area contributed by atoms with E-state index in [2.05, 4.69) is 34.7 Å². The van der Waals surface area contributed by atoms with Gasteiger partial charge in [-0.15, -0.1) is 10.2 Å². The van der Waals surface area contributed by atoms with Crippen LogP contribution in [-0.2, 0) is 4.79 Å². The van der Waals surface area contributed by atoms with Crippen LogP contribution < -0.4 is 15.4 Å². The van der Waals surface area contributed by atoms with Gasteiger partial charge in [-0.3, -0.25) is 9.20 Å². The third-order valence-electron chi connectivity index (χ3n) is 4.52. The van der Waals surface area contributed by atoms with Gasteiger partial charge in [0.25, 0.3) is 0 Å². The third-order valence-corrected chi connectivity index (χ3v) is 4.52. The number of rotatable bonds is 9. The number of benzene rings is 1. The smallest absolute Gasteiger partial charge is 0.220 e. The molecule has 0 aliphatic heterocycles. The summed E-state index contributed by atoms with van der Waals surface area (Å²) in [4.78, 5) is 16.5. The molecule has 0 unspecified atom stereocenters. The van der Waals surface area contributed by atoms with Gasteiger partial charge in [0.1, 0.15) is 11.6 Å². The minimum absolute atomic E-state index is 0.111. The van der Waals surface area contributed by atoms with E-state index in [1.807, 2.05) is 29.5 Å². The van der Waals surface area contributed by atoms with Crippen molar-refractivity contribution in [3.63, 3.8) is 0 Å². The first-order valence-corrected chi connectivity index (χ1v) is 9.69. The molecule has 2 heterocycles. The van der Waals surface area contributed by atoms with Gasteiger partial charge >= 0.3 is 0 Å². The largest absolute Gasteiger partial charge is 0.497 e. The normalized spacial score (nSPS) is 11.3. The Hall–Kier alpha value is -2.90. The van der Waals surface area contributed by atoms with Crippen molar-refractivity contribution in [2.45, 2.75) is 40.0 Å². The first-order valence-electron chi connectivity index (χ1n) is 9.69. The van der Waals surface area contributed by atoms with E-state index in [0.717, 1.165) is 42.0 Å². The number of unbranched alkanes of at least 4 members (excludes halogenated alkanes) is 1. The summed E-state index contributed by atoms with van der Waals surface area (Å²) < 4.78 is 7.31. The van der Waals surface area contributed by atoms with Gasteiger partial charge in [0.15, 0.2) is 5.82 Å². The first kappa shape index (κ1) is 19.9. The molecule has 28 heavy (non-hydrogen) atoms. The summed E-state index contributed by atoms with van der Waals surface area (Å²) in [6, 6.07) is 5.77. The number of aryl methyl sites for hydroxylation is 1. The standard InChI is InChI=1S/C20H28N6O2/c1-13(2)12-22-18(27)7-5-6-10-21-19-20-25-24-14(3)26(20)17-9-8-15(28-4)11-16(17)23-19/h8-9,11,13H,5-7,10,12H2,1-4H3,(H,21,23)(H,22,27). The van der Waals surface area contributed by atoms with E-state index in [4.69, 9.17) is 9.72 Å². The maximum absolute atomic E-state index is 11.8. The van der Waals surface area contributed by atoms with Crippen LogP contribution in [-0.4, -0.2) is 45.7 Å². The zero-order valence-corrected chi connectivity index (χ0v) is 17.0. The lowest BCUT2D eigenvalue weighted by Crippen LogP contribution is -2.27. The highest BCUT2D eigenvalue weighted by atomic mass is 16.5. The number of carbonyl (C=O) groups excluding carboxylic acids is 1. The number of aromatic nitrogens is 4. The fraction of sp³-hybridized carbons (Fsp3) is 0.500. The molecule has 1 amide bonds. The number of carbonyl (C=O) groups is 1. The predicted molar refractivity (Wildman–Crippen MR) is 110 cm³/mol. The van der Waals surface area contributed by atoms with Crippen molar-refractivity contribution in [2.24, 2.45) is 5.92 Å². The van der Waals surface area contributed by atoms with Gasteiger partial charge in [-0.2, -0.15) is 0 Å². The molecular weight excluding hydrogens is 356 g/mol. The quantitative estimate of drug-likeness (QED) is 0.551. The Morgan fingerprint density at radius 3 is 2.82 bits per heavy atom.